The summed E-state index contributed by atoms with van der Waals surface area (Å²) in [6, 6.07) is 11.2. The van der Waals surface area contributed by atoms with Crippen LogP contribution >= 0.6 is 0 Å². The number of anilines is 1. The second-order valence-corrected chi connectivity index (χ2v) is 8.70. The van der Waals surface area contributed by atoms with E-state index < -0.39 is 0 Å². The first kappa shape index (κ1) is 25.2. The van der Waals surface area contributed by atoms with Gasteiger partial charge in [-0.3, -0.25) is 14.0 Å². The number of aromatic nitrogens is 1. The molecule has 9 heteroatoms. The quantitative estimate of drug-likeness (QED) is 0.431. The lowest BCUT2D eigenvalue weighted by Crippen LogP contribution is -2.50. The molecule has 1 fully saturated rings. The number of amides is 2. The molecule has 2 aliphatic heterocycles. The smallest absolute Gasteiger partial charge is 0.253 e. The number of benzene rings is 2. The van der Waals surface area contributed by atoms with Crippen molar-refractivity contribution in [3.63, 3.8) is 0 Å². The van der Waals surface area contributed by atoms with Crippen molar-refractivity contribution in [2.45, 2.75) is 20.0 Å². The molecule has 3 heterocycles. The molecule has 0 spiro atoms. The first-order valence-electron chi connectivity index (χ1n) is 11.8. The summed E-state index contributed by atoms with van der Waals surface area (Å²) in [5.41, 5.74) is 12.7. The number of pyridine rings is 1. The Morgan fingerprint density at radius 1 is 1.03 bits per heavy atom. The van der Waals surface area contributed by atoms with Gasteiger partial charge in [0.15, 0.2) is 0 Å². The second-order valence-electron chi connectivity index (χ2n) is 8.70. The monoisotopic (exact) mass is 491 g/mol. The van der Waals surface area contributed by atoms with Crippen molar-refractivity contribution in [1.82, 2.24) is 14.8 Å². The Kier molecular flexibility index (Phi) is 7.59. The number of rotatable bonds is 3. The van der Waals surface area contributed by atoms with Crippen LogP contribution in [0.15, 0.2) is 36.4 Å². The Morgan fingerprint density at radius 2 is 1.69 bits per heavy atom. The molecule has 1 saturated heterocycles. The standard InChI is InChI=1S/C26H27N5O3.CH3F/c1-16(32)30-9-11-31(12-10-30)26(33)18-4-2-17(3-5-18)25-21-15-34-13-8-19(21)24-20(14-27)22(28)6-7-23(24)29-25;1-2/h2-7,14,27H,8-13,15,28H2,1H3;1H3. The number of ether oxygens (including phenoxy) is 1. The molecule has 5 rings (SSSR count). The molecular formula is C27H30FN5O3. The molecule has 0 saturated carbocycles. The van der Waals surface area contributed by atoms with E-state index in [1.54, 1.807) is 22.8 Å². The largest absolute Gasteiger partial charge is 0.398 e. The summed E-state index contributed by atoms with van der Waals surface area (Å²) in [6.07, 6.45) is 2.03. The summed E-state index contributed by atoms with van der Waals surface area (Å²) in [5, 5.41) is 8.79. The highest BCUT2D eigenvalue weighted by molar-refractivity contribution is 6.05. The number of hydrogen-bond donors (Lipinski definition) is 2. The highest BCUT2D eigenvalue weighted by Crippen LogP contribution is 2.36. The number of nitrogen functional groups attached to an aromatic ring is 1. The van der Waals surface area contributed by atoms with E-state index in [1.165, 1.54) is 6.21 Å². The normalized spacial score (nSPS) is 15.1. The van der Waals surface area contributed by atoms with E-state index in [0.717, 1.165) is 39.7 Å². The molecule has 1 aromatic heterocycles. The van der Waals surface area contributed by atoms with Crippen LogP contribution in [0.3, 0.4) is 0 Å². The lowest BCUT2D eigenvalue weighted by molar-refractivity contribution is -0.130. The van der Waals surface area contributed by atoms with Crippen molar-refractivity contribution < 1.29 is 18.7 Å². The third-order valence-corrected chi connectivity index (χ3v) is 6.75. The molecule has 0 aliphatic carbocycles. The van der Waals surface area contributed by atoms with Gasteiger partial charge in [0.2, 0.25) is 5.91 Å². The van der Waals surface area contributed by atoms with E-state index in [9.17, 15) is 14.0 Å². The number of halogens is 1. The molecule has 2 amide bonds. The number of alkyl halides is 1. The second kappa shape index (κ2) is 10.8. The third kappa shape index (κ3) is 4.66. The summed E-state index contributed by atoms with van der Waals surface area (Å²) < 4.78 is 15.3. The Balaban J connectivity index is 0.00000148. The Bertz CT molecular complexity index is 1300. The van der Waals surface area contributed by atoms with E-state index >= 15 is 0 Å². The lowest BCUT2D eigenvalue weighted by Gasteiger charge is -2.34. The van der Waals surface area contributed by atoms with Gasteiger partial charge in [-0.2, -0.15) is 0 Å². The third-order valence-electron chi connectivity index (χ3n) is 6.75. The summed E-state index contributed by atoms with van der Waals surface area (Å²) in [6.45, 7) is 4.82. The van der Waals surface area contributed by atoms with Crippen molar-refractivity contribution in [2.75, 3.05) is 45.7 Å². The Morgan fingerprint density at radius 3 is 2.33 bits per heavy atom. The maximum Gasteiger partial charge on any atom is 0.253 e. The van der Waals surface area contributed by atoms with Crippen LogP contribution in [0.2, 0.25) is 0 Å². The van der Waals surface area contributed by atoms with Crippen LogP contribution in [0.25, 0.3) is 22.2 Å². The number of nitrogens with two attached hydrogens (primary N) is 1. The van der Waals surface area contributed by atoms with Crippen molar-refractivity contribution in [1.29, 1.82) is 5.41 Å². The van der Waals surface area contributed by atoms with Crippen LogP contribution in [0.1, 0.15) is 34.0 Å². The zero-order valence-electron chi connectivity index (χ0n) is 20.5. The number of carbonyl (C=O) groups excluding carboxylic acids is 2. The van der Waals surface area contributed by atoms with Gasteiger partial charge in [0.05, 0.1) is 31.6 Å². The van der Waals surface area contributed by atoms with Crippen LogP contribution < -0.4 is 5.73 Å². The molecule has 0 bridgehead atoms. The summed E-state index contributed by atoms with van der Waals surface area (Å²) >= 11 is 0. The summed E-state index contributed by atoms with van der Waals surface area (Å²) in [4.78, 5) is 33.0. The van der Waals surface area contributed by atoms with E-state index in [-0.39, 0.29) is 11.8 Å². The average Bonchev–Trinajstić information content (AvgIpc) is 2.93. The molecule has 2 aromatic carbocycles. The zero-order chi connectivity index (χ0) is 25.8. The molecule has 8 nitrogen and oxygen atoms in total. The first-order valence-corrected chi connectivity index (χ1v) is 11.8. The van der Waals surface area contributed by atoms with Gasteiger partial charge in [0.25, 0.3) is 5.91 Å². The van der Waals surface area contributed by atoms with Crippen molar-refractivity contribution in [3.8, 4) is 11.3 Å². The summed E-state index contributed by atoms with van der Waals surface area (Å²) in [5.74, 6) is 0.0137. The fourth-order valence-electron chi connectivity index (χ4n) is 4.87. The zero-order valence-corrected chi connectivity index (χ0v) is 20.5. The van der Waals surface area contributed by atoms with Crippen LogP contribution in [-0.2, 0) is 22.6 Å². The first-order chi connectivity index (χ1) is 17.5. The van der Waals surface area contributed by atoms with E-state index in [0.29, 0.717) is 63.4 Å². The minimum atomic E-state index is -0.0299. The molecule has 3 N–H and O–H groups in total. The number of nitrogens with one attached hydrogen (secondary N) is 1. The maximum absolute atomic E-state index is 13.0. The molecule has 0 atom stereocenters. The highest BCUT2D eigenvalue weighted by Gasteiger charge is 2.25. The van der Waals surface area contributed by atoms with E-state index in [4.69, 9.17) is 20.9 Å². The molecule has 0 radical (unpaired) electrons. The predicted octanol–water partition coefficient (Wildman–Crippen LogP) is 3.44. The average molecular weight is 492 g/mol. The van der Waals surface area contributed by atoms with Crippen LogP contribution in [0, 0.1) is 5.41 Å². The molecule has 188 valence electrons. The van der Waals surface area contributed by atoms with Gasteiger partial charge in [-0.1, -0.05) is 12.1 Å². The van der Waals surface area contributed by atoms with Gasteiger partial charge >= 0.3 is 0 Å². The number of fused-ring (bicyclic) bond motifs is 3. The summed E-state index contributed by atoms with van der Waals surface area (Å²) in [7, 11) is 0.500. The number of carbonyl (C=O) groups is 2. The van der Waals surface area contributed by atoms with E-state index in [1.807, 2.05) is 30.3 Å². The number of hydrogen-bond acceptors (Lipinski definition) is 6. The number of piperazine rings is 1. The molecule has 36 heavy (non-hydrogen) atoms. The molecular weight excluding hydrogens is 461 g/mol. The van der Waals surface area contributed by atoms with Crippen molar-refractivity contribution >= 4 is 34.6 Å². The SMILES string of the molecule is CC(=O)N1CCN(C(=O)c2ccc(-c3nc4ccc(N)c(C=N)c4c4c3COCC4)cc2)CC1.CF. The lowest BCUT2D eigenvalue weighted by atomic mass is 9.91. The minimum absolute atomic E-state index is 0.0299. The van der Waals surface area contributed by atoms with Crippen molar-refractivity contribution in [2.24, 2.45) is 0 Å². The fraction of sp³-hybridized carbons (Fsp3) is 0.333. The minimum Gasteiger partial charge on any atom is -0.398 e. The topological polar surface area (TPSA) is 113 Å². The van der Waals surface area contributed by atoms with Crippen LogP contribution in [-0.4, -0.2) is 72.8 Å². The van der Waals surface area contributed by atoms with Gasteiger partial charge in [-0.15, -0.1) is 0 Å². The number of nitrogens with zero attached hydrogens (tertiary/aromatic N) is 3. The van der Waals surface area contributed by atoms with Crippen molar-refractivity contribution in [3.05, 3.63) is 58.7 Å². The van der Waals surface area contributed by atoms with Gasteiger partial charge in [0, 0.05) is 72.6 Å². The van der Waals surface area contributed by atoms with Gasteiger partial charge in [-0.25, -0.2) is 4.98 Å². The van der Waals surface area contributed by atoms with Gasteiger partial charge in [0.1, 0.15) is 0 Å². The van der Waals surface area contributed by atoms with Gasteiger partial charge < -0.3 is 25.7 Å². The molecule has 2 aliphatic rings. The van der Waals surface area contributed by atoms with Crippen LogP contribution in [0.4, 0.5) is 10.1 Å². The fourth-order valence-corrected chi connectivity index (χ4v) is 4.87. The molecule has 3 aromatic rings. The highest BCUT2D eigenvalue weighted by atomic mass is 19.1. The maximum atomic E-state index is 13.0. The predicted molar refractivity (Wildman–Crippen MR) is 138 cm³/mol. The van der Waals surface area contributed by atoms with Gasteiger partial charge in [-0.05, 0) is 36.2 Å². The Hall–Kier alpha value is -3.85. The van der Waals surface area contributed by atoms with E-state index in [2.05, 4.69) is 0 Å². The van der Waals surface area contributed by atoms with Crippen LogP contribution in [0.5, 0.6) is 0 Å². The molecule has 0 unspecified atom stereocenters. The Labute approximate surface area is 209 Å².